The zero-order valence-electron chi connectivity index (χ0n) is 12.1. The van der Waals surface area contributed by atoms with Gasteiger partial charge in [-0.15, -0.1) is 0 Å². The fraction of sp³-hybridized carbons (Fsp3) is 0.438. The molecule has 1 N–H and O–H groups in total. The molecule has 0 aliphatic heterocycles. The van der Waals surface area contributed by atoms with Crippen molar-refractivity contribution in [3.05, 3.63) is 35.4 Å². The van der Waals surface area contributed by atoms with Gasteiger partial charge in [0.1, 0.15) is 6.61 Å². The van der Waals surface area contributed by atoms with Crippen molar-refractivity contribution in [3.8, 4) is 11.8 Å². The topological polar surface area (TPSA) is 49.8 Å². The van der Waals surface area contributed by atoms with Crippen LogP contribution in [0.25, 0.3) is 0 Å². The fourth-order valence-electron chi connectivity index (χ4n) is 1.82. The van der Waals surface area contributed by atoms with Crippen LogP contribution in [0.2, 0.25) is 0 Å². The SMILES string of the molecule is COCCCC(=O)N(C)Cc1ccccc1C#CCO. The molecule has 20 heavy (non-hydrogen) atoms. The number of rotatable bonds is 6. The summed E-state index contributed by atoms with van der Waals surface area (Å²) in [5.41, 5.74) is 1.83. The van der Waals surface area contributed by atoms with Crippen molar-refractivity contribution in [3.63, 3.8) is 0 Å². The molecule has 1 aromatic carbocycles. The molecule has 0 saturated heterocycles. The minimum atomic E-state index is -0.167. The van der Waals surface area contributed by atoms with Gasteiger partial charge in [-0.05, 0) is 18.1 Å². The van der Waals surface area contributed by atoms with E-state index in [2.05, 4.69) is 11.8 Å². The summed E-state index contributed by atoms with van der Waals surface area (Å²) in [4.78, 5) is 13.6. The molecule has 0 radical (unpaired) electrons. The Bertz CT molecular complexity index is 488. The molecule has 0 bridgehead atoms. The molecule has 0 saturated carbocycles. The van der Waals surface area contributed by atoms with E-state index in [1.165, 1.54) is 0 Å². The maximum absolute atomic E-state index is 11.9. The van der Waals surface area contributed by atoms with Gasteiger partial charge in [-0.3, -0.25) is 4.79 Å². The van der Waals surface area contributed by atoms with Gasteiger partial charge < -0.3 is 14.7 Å². The molecule has 0 unspecified atom stereocenters. The van der Waals surface area contributed by atoms with Gasteiger partial charge in [0, 0.05) is 39.3 Å². The molecule has 108 valence electrons. The van der Waals surface area contributed by atoms with E-state index < -0.39 is 0 Å². The summed E-state index contributed by atoms with van der Waals surface area (Å²) in [5.74, 6) is 5.63. The summed E-state index contributed by atoms with van der Waals surface area (Å²) in [6.07, 6.45) is 1.21. The first-order valence-corrected chi connectivity index (χ1v) is 6.59. The van der Waals surface area contributed by atoms with Crippen LogP contribution in [0.4, 0.5) is 0 Å². The Morgan fingerprint density at radius 2 is 2.15 bits per heavy atom. The first kappa shape index (κ1) is 16.2. The molecule has 0 fully saturated rings. The Morgan fingerprint density at radius 3 is 2.85 bits per heavy atom. The fourth-order valence-corrected chi connectivity index (χ4v) is 1.82. The molecule has 1 aromatic rings. The lowest BCUT2D eigenvalue weighted by Gasteiger charge is -2.18. The van der Waals surface area contributed by atoms with Crippen molar-refractivity contribution in [2.45, 2.75) is 19.4 Å². The van der Waals surface area contributed by atoms with Gasteiger partial charge >= 0.3 is 0 Å². The number of carbonyl (C=O) groups excluding carboxylic acids is 1. The molecule has 0 aliphatic carbocycles. The number of carbonyl (C=O) groups is 1. The lowest BCUT2D eigenvalue weighted by atomic mass is 10.1. The Kier molecular flexibility index (Phi) is 7.41. The third kappa shape index (κ3) is 5.43. The monoisotopic (exact) mass is 275 g/mol. The minimum Gasteiger partial charge on any atom is -0.385 e. The van der Waals surface area contributed by atoms with Crippen molar-refractivity contribution in [2.24, 2.45) is 0 Å². The summed E-state index contributed by atoms with van der Waals surface area (Å²) < 4.78 is 4.94. The molecular formula is C16H21NO3. The Balaban J connectivity index is 2.65. The van der Waals surface area contributed by atoms with Crippen LogP contribution in [0.15, 0.2) is 24.3 Å². The van der Waals surface area contributed by atoms with Crippen molar-refractivity contribution in [2.75, 3.05) is 27.4 Å². The Hall–Kier alpha value is -1.83. The summed E-state index contributed by atoms with van der Waals surface area (Å²) in [6, 6.07) is 7.65. The van der Waals surface area contributed by atoms with Gasteiger partial charge in [0.2, 0.25) is 5.91 Å². The van der Waals surface area contributed by atoms with Gasteiger partial charge in [-0.25, -0.2) is 0 Å². The standard InChI is InChI=1S/C16H21NO3/c1-17(16(19)10-6-12-20-2)13-15-8-4-3-7-14(15)9-5-11-18/h3-4,7-8,18H,6,10-13H2,1-2H3. The van der Waals surface area contributed by atoms with Gasteiger partial charge in [0.15, 0.2) is 0 Å². The van der Waals surface area contributed by atoms with Gasteiger partial charge in [0.05, 0.1) is 0 Å². The first-order valence-electron chi connectivity index (χ1n) is 6.59. The van der Waals surface area contributed by atoms with Gasteiger partial charge in [-0.1, -0.05) is 30.0 Å². The van der Waals surface area contributed by atoms with Crippen LogP contribution < -0.4 is 0 Å². The molecule has 0 spiro atoms. The van der Waals surface area contributed by atoms with E-state index in [4.69, 9.17) is 9.84 Å². The molecular weight excluding hydrogens is 254 g/mol. The van der Waals surface area contributed by atoms with E-state index in [1.54, 1.807) is 19.1 Å². The Labute approximate surface area is 120 Å². The third-order valence-electron chi connectivity index (χ3n) is 2.89. The lowest BCUT2D eigenvalue weighted by molar-refractivity contribution is -0.130. The number of nitrogens with zero attached hydrogens (tertiary/aromatic N) is 1. The van der Waals surface area contributed by atoms with E-state index in [0.29, 0.717) is 19.6 Å². The van der Waals surface area contributed by atoms with Crippen molar-refractivity contribution in [1.29, 1.82) is 0 Å². The average Bonchev–Trinajstić information content (AvgIpc) is 2.46. The first-order chi connectivity index (χ1) is 9.69. The summed E-state index contributed by atoms with van der Waals surface area (Å²) >= 11 is 0. The van der Waals surface area contributed by atoms with Crippen LogP contribution in [0.3, 0.4) is 0 Å². The molecule has 1 rings (SSSR count). The molecule has 0 heterocycles. The number of hydrogen-bond acceptors (Lipinski definition) is 3. The van der Waals surface area contributed by atoms with Crippen LogP contribution in [0.5, 0.6) is 0 Å². The smallest absolute Gasteiger partial charge is 0.222 e. The van der Waals surface area contributed by atoms with E-state index >= 15 is 0 Å². The highest BCUT2D eigenvalue weighted by molar-refractivity contribution is 5.75. The summed E-state index contributed by atoms with van der Waals surface area (Å²) in [6.45, 7) is 0.945. The van der Waals surface area contributed by atoms with Crippen LogP contribution >= 0.6 is 0 Å². The number of aliphatic hydroxyl groups is 1. The number of aliphatic hydroxyl groups excluding tert-OH is 1. The van der Waals surface area contributed by atoms with Crippen molar-refractivity contribution < 1.29 is 14.6 Å². The highest BCUT2D eigenvalue weighted by Crippen LogP contribution is 2.11. The van der Waals surface area contributed by atoms with E-state index in [1.807, 2.05) is 24.3 Å². The maximum atomic E-state index is 11.9. The van der Waals surface area contributed by atoms with Crippen LogP contribution in [-0.4, -0.2) is 43.3 Å². The molecule has 0 aromatic heterocycles. The molecule has 0 atom stereocenters. The summed E-state index contributed by atoms with van der Waals surface area (Å²) in [7, 11) is 3.41. The Morgan fingerprint density at radius 1 is 1.40 bits per heavy atom. The van der Waals surface area contributed by atoms with Crippen LogP contribution in [0.1, 0.15) is 24.0 Å². The number of amides is 1. The second kappa shape index (κ2) is 9.13. The molecule has 4 nitrogen and oxygen atoms in total. The number of hydrogen-bond donors (Lipinski definition) is 1. The second-order valence-corrected chi connectivity index (χ2v) is 4.46. The number of benzene rings is 1. The minimum absolute atomic E-state index is 0.0898. The van der Waals surface area contributed by atoms with Crippen molar-refractivity contribution >= 4 is 5.91 Å². The van der Waals surface area contributed by atoms with E-state index in [9.17, 15) is 4.79 Å². The van der Waals surface area contributed by atoms with Crippen LogP contribution in [-0.2, 0) is 16.1 Å². The molecule has 0 aliphatic rings. The maximum Gasteiger partial charge on any atom is 0.222 e. The number of ether oxygens (including phenoxy) is 1. The zero-order chi connectivity index (χ0) is 14.8. The third-order valence-corrected chi connectivity index (χ3v) is 2.89. The van der Waals surface area contributed by atoms with E-state index in [0.717, 1.165) is 17.5 Å². The zero-order valence-corrected chi connectivity index (χ0v) is 12.1. The highest BCUT2D eigenvalue weighted by atomic mass is 16.5. The predicted molar refractivity (Wildman–Crippen MR) is 78.0 cm³/mol. The van der Waals surface area contributed by atoms with E-state index in [-0.39, 0.29) is 12.5 Å². The lowest BCUT2D eigenvalue weighted by Crippen LogP contribution is -2.26. The van der Waals surface area contributed by atoms with Crippen LogP contribution in [0, 0.1) is 11.8 Å². The van der Waals surface area contributed by atoms with Crippen molar-refractivity contribution in [1.82, 2.24) is 4.90 Å². The average molecular weight is 275 g/mol. The predicted octanol–water partition coefficient (Wildman–Crippen LogP) is 1.42. The normalized spacial score (nSPS) is 9.75. The quantitative estimate of drug-likeness (QED) is 0.631. The highest BCUT2D eigenvalue weighted by Gasteiger charge is 2.10. The van der Waals surface area contributed by atoms with Gasteiger partial charge in [0.25, 0.3) is 0 Å². The largest absolute Gasteiger partial charge is 0.385 e. The number of methoxy groups -OCH3 is 1. The molecule has 4 heteroatoms. The molecule has 1 amide bonds. The van der Waals surface area contributed by atoms with Gasteiger partial charge in [-0.2, -0.15) is 0 Å². The second-order valence-electron chi connectivity index (χ2n) is 4.46. The summed E-state index contributed by atoms with van der Waals surface area (Å²) in [5, 5.41) is 8.76.